The topological polar surface area (TPSA) is 83.5 Å². The number of benzene rings is 1. The smallest absolute Gasteiger partial charge is 0.307 e. The lowest BCUT2D eigenvalue weighted by Crippen LogP contribution is -2.25. The molecule has 1 rings (SSSR count). The van der Waals surface area contributed by atoms with Crippen LogP contribution in [-0.2, 0) is 4.79 Å². The number of carboxylic acid groups (broad SMARTS) is 1. The first kappa shape index (κ1) is 13.0. The first-order chi connectivity index (χ1) is 7.54. The Morgan fingerprint density at radius 2 is 1.94 bits per heavy atom. The van der Waals surface area contributed by atoms with Crippen molar-refractivity contribution in [3.63, 3.8) is 0 Å². The van der Waals surface area contributed by atoms with Crippen molar-refractivity contribution in [3.05, 3.63) is 34.9 Å². The number of carbonyl (C=O) groups is 1. The molecule has 1 aromatic rings. The van der Waals surface area contributed by atoms with Gasteiger partial charge in [-0.3, -0.25) is 4.79 Å². The van der Waals surface area contributed by atoms with E-state index in [0.717, 1.165) is 0 Å². The molecule has 0 spiro atoms. The van der Waals surface area contributed by atoms with E-state index in [4.69, 9.17) is 22.4 Å². The maximum Gasteiger partial charge on any atom is 0.307 e. The summed E-state index contributed by atoms with van der Waals surface area (Å²) in [5.74, 6) is -1.72. The zero-order valence-corrected chi connectivity index (χ0v) is 9.39. The van der Waals surface area contributed by atoms with Crippen LogP contribution in [0, 0.1) is 5.92 Å². The number of rotatable bonds is 5. The number of carboxylic acids is 1. The number of hydrogen-bond donors (Lipinski definition) is 3. The van der Waals surface area contributed by atoms with Crippen LogP contribution in [0.15, 0.2) is 24.3 Å². The molecule has 16 heavy (non-hydrogen) atoms. The number of aliphatic hydroxyl groups is 1. The van der Waals surface area contributed by atoms with Crippen LogP contribution < -0.4 is 5.73 Å². The lowest BCUT2D eigenvalue weighted by atomic mass is 9.97. The standard InChI is InChI=1S/C11H14ClNO3/c12-9-3-1-7(2-4-9)10(14)5-8(6-13)11(15)16/h1-4,8,10,14H,5-6,13H2,(H,15,16)/t8-,10+/m1/s1. The van der Waals surface area contributed by atoms with E-state index in [1.807, 2.05) is 0 Å². The molecule has 2 atom stereocenters. The van der Waals surface area contributed by atoms with E-state index < -0.39 is 18.0 Å². The molecule has 0 saturated carbocycles. The Kier molecular flexibility index (Phi) is 4.73. The lowest BCUT2D eigenvalue weighted by molar-refractivity contribution is -0.142. The van der Waals surface area contributed by atoms with Crippen molar-refractivity contribution < 1.29 is 15.0 Å². The van der Waals surface area contributed by atoms with Crippen molar-refractivity contribution in [2.45, 2.75) is 12.5 Å². The summed E-state index contributed by atoms with van der Waals surface area (Å²) in [5, 5.41) is 19.2. The summed E-state index contributed by atoms with van der Waals surface area (Å²) < 4.78 is 0. The first-order valence-electron chi connectivity index (χ1n) is 4.91. The summed E-state index contributed by atoms with van der Waals surface area (Å²) in [6.45, 7) is 0.0139. The van der Waals surface area contributed by atoms with Gasteiger partial charge in [0.15, 0.2) is 0 Å². The summed E-state index contributed by atoms with van der Waals surface area (Å²) in [7, 11) is 0. The summed E-state index contributed by atoms with van der Waals surface area (Å²) in [5.41, 5.74) is 5.95. The van der Waals surface area contributed by atoms with Crippen LogP contribution in [0.4, 0.5) is 0 Å². The van der Waals surface area contributed by atoms with Crippen molar-refractivity contribution in [3.8, 4) is 0 Å². The normalized spacial score (nSPS) is 14.4. The fourth-order valence-corrected chi connectivity index (χ4v) is 1.51. The molecule has 0 saturated heterocycles. The maximum absolute atomic E-state index is 10.7. The second-order valence-electron chi connectivity index (χ2n) is 3.57. The predicted octanol–water partition coefficient (Wildman–Crippen LogP) is 1.42. The number of aliphatic hydroxyl groups excluding tert-OH is 1. The fraction of sp³-hybridized carbons (Fsp3) is 0.364. The Balaban J connectivity index is 2.67. The van der Waals surface area contributed by atoms with E-state index in [-0.39, 0.29) is 13.0 Å². The lowest BCUT2D eigenvalue weighted by Gasteiger charge is -2.15. The van der Waals surface area contributed by atoms with Crippen LogP contribution in [0.3, 0.4) is 0 Å². The minimum absolute atomic E-state index is 0.0139. The first-order valence-corrected chi connectivity index (χ1v) is 5.28. The molecule has 1 aromatic carbocycles. The number of nitrogens with two attached hydrogens (primary N) is 1. The molecule has 5 heteroatoms. The van der Waals surface area contributed by atoms with Crippen molar-refractivity contribution in [2.75, 3.05) is 6.54 Å². The van der Waals surface area contributed by atoms with Gasteiger partial charge in [0.05, 0.1) is 12.0 Å². The van der Waals surface area contributed by atoms with Crippen molar-refractivity contribution in [1.82, 2.24) is 0 Å². The van der Waals surface area contributed by atoms with Gasteiger partial charge in [0.1, 0.15) is 0 Å². The largest absolute Gasteiger partial charge is 0.481 e. The summed E-state index contributed by atoms with van der Waals surface area (Å²) in [4.78, 5) is 10.7. The molecule has 0 aliphatic heterocycles. The van der Waals surface area contributed by atoms with Gasteiger partial charge in [-0.25, -0.2) is 0 Å². The highest BCUT2D eigenvalue weighted by Crippen LogP contribution is 2.22. The summed E-state index contributed by atoms with van der Waals surface area (Å²) >= 11 is 5.70. The maximum atomic E-state index is 10.7. The van der Waals surface area contributed by atoms with Gasteiger partial charge in [0.2, 0.25) is 0 Å². The van der Waals surface area contributed by atoms with E-state index in [1.54, 1.807) is 24.3 Å². The molecule has 0 bridgehead atoms. The van der Waals surface area contributed by atoms with Crippen LogP contribution in [-0.4, -0.2) is 22.7 Å². The van der Waals surface area contributed by atoms with Gasteiger partial charge < -0.3 is 15.9 Å². The third-order valence-corrected chi connectivity index (χ3v) is 2.65. The highest BCUT2D eigenvalue weighted by Gasteiger charge is 2.20. The average molecular weight is 244 g/mol. The van der Waals surface area contributed by atoms with Crippen LogP contribution in [0.25, 0.3) is 0 Å². The number of aliphatic carboxylic acids is 1. The number of halogens is 1. The Morgan fingerprint density at radius 3 is 2.38 bits per heavy atom. The molecular weight excluding hydrogens is 230 g/mol. The molecule has 0 radical (unpaired) electrons. The fourth-order valence-electron chi connectivity index (χ4n) is 1.39. The van der Waals surface area contributed by atoms with Gasteiger partial charge in [-0.1, -0.05) is 23.7 Å². The molecule has 0 aromatic heterocycles. The van der Waals surface area contributed by atoms with Crippen LogP contribution in [0.1, 0.15) is 18.1 Å². The average Bonchev–Trinajstić information content (AvgIpc) is 2.26. The molecule has 0 amide bonds. The Hall–Kier alpha value is -1.10. The van der Waals surface area contributed by atoms with Crippen LogP contribution in [0.2, 0.25) is 5.02 Å². The third-order valence-electron chi connectivity index (χ3n) is 2.40. The van der Waals surface area contributed by atoms with Crippen molar-refractivity contribution in [2.24, 2.45) is 11.7 Å². The van der Waals surface area contributed by atoms with Crippen molar-refractivity contribution in [1.29, 1.82) is 0 Å². The van der Waals surface area contributed by atoms with Gasteiger partial charge in [-0.05, 0) is 24.1 Å². The molecule has 0 fully saturated rings. The molecular formula is C11H14ClNO3. The van der Waals surface area contributed by atoms with Crippen molar-refractivity contribution >= 4 is 17.6 Å². The monoisotopic (exact) mass is 243 g/mol. The van der Waals surface area contributed by atoms with E-state index >= 15 is 0 Å². The number of hydrogen-bond acceptors (Lipinski definition) is 3. The predicted molar refractivity (Wildman–Crippen MR) is 61.2 cm³/mol. The van der Waals surface area contributed by atoms with E-state index in [0.29, 0.717) is 10.6 Å². The molecule has 0 heterocycles. The molecule has 4 N–H and O–H groups in total. The second-order valence-corrected chi connectivity index (χ2v) is 4.01. The Morgan fingerprint density at radius 1 is 1.38 bits per heavy atom. The highest BCUT2D eigenvalue weighted by molar-refractivity contribution is 6.30. The SMILES string of the molecule is NC[C@@H](C[C@H](O)c1ccc(Cl)cc1)C(=O)O. The second kappa shape index (κ2) is 5.84. The molecule has 88 valence electrons. The zero-order chi connectivity index (χ0) is 12.1. The third kappa shape index (κ3) is 3.48. The van der Waals surface area contributed by atoms with E-state index in [2.05, 4.69) is 0 Å². The minimum Gasteiger partial charge on any atom is -0.481 e. The van der Waals surface area contributed by atoms with Gasteiger partial charge >= 0.3 is 5.97 Å². The Labute approximate surface area is 98.6 Å². The van der Waals surface area contributed by atoms with E-state index in [1.165, 1.54) is 0 Å². The summed E-state index contributed by atoms with van der Waals surface area (Å²) in [6, 6.07) is 6.64. The Bertz CT molecular complexity index is 353. The zero-order valence-electron chi connectivity index (χ0n) is 8.64. The molecule has 4 nitrogen and oxygen atoms in total. The van der Waals surface area contributed by atoms with E-state index in [9.17, 15) is 9.90 Å². The van der Waals surface area contributed by atoms with Crippen LogP contribution >= 0.6 is 11.6 Å². The summed E-state index contributed by atoms with van der Waals surface area (Å²) in [6.07, 6.45) is -0.727. The molecule has 0 aliphatic rings. The van der Waals surface area contributed by atoms with Crippen LogP contribution in [0.5, 0.6) is 0 Å². The minimum atomic E-state index is -0.990. The molecule has 0 unspecified atom stereocenters. The highest BCUT2D eigenvalue weighted by atomic mass is 35.5. The van der Waals surface area contributed by atoms with Gasteiger partial charge in [-0.2, -0.15) is 0 Å². The van der Waals surface area contributed by atoms with Gasteiger partial charge in [0, 0.05) is 11.6 Å². The van der Waals surface area contributed by atoms with Gasteiger partial charge in [0.25, 0.3) is 0 Å². The quantitative estimate of drug-likeness (QED) is 0.730. The molecule has 0 aliphatic carbocycles. The van der Waals surface area contributed by atoms with Gasteiger partial charge in [-0.15, -0.1) is 0 Å².